The zero-order valence-electron chi connectivity index (χ0n) is 10.7. The van der Waals surface area contributed by atoms with Crippen LogP contribution in [0.25, 0.3) is 6.08 Å². The first-order valence-electron chi connectivity index (χ1n) is 5.61. The standard InChI is InChI=1S/C14H17FO3/c1-14(2,3)18-9-10-4-6-12(15)11(8-10)5-7-13(16)17/h4-8H,9H2,1-3H3,(H,16,17)/b7-5+. The lowest BCUT2D eigenvalue weighted by Crippen LogP contribution is -2.18. The van der Waals surface area contributed by atoms with Gasteiger partial charge in [-0.1, -0.05) is 6.07 Å². The first-order chi connectivity index (χ1) is 8.28. The summed E-state index contributed by atoms with van der Waals surface area (Å²) in [6.07, 6.45) is 2.14. The van der Waals surface area contributed by atoms with Crippen molar-refractivity contribution in [3.05, 3.63) is 41.2 Å². The minimum atomic E-state index is -1.11. The van der Waals surface area contributed by atoms with Crippen molar-refractivity contribution < 1.29 is 19.0 Å². The summed E-state index contributed by atoms with van der Waals surface area (Å²) in [6, 6.07) is 4.52. The Hall–Kier alpha value is -1.68. The fourth-order valence-electron chi connectivity index (χ4n) is 1.27. The summed E-state index contributed by atoms with van der Waals surface area (Å²) < 4.78 is 19.0. The Labute approximate surface area is 106 Å². The molecule has 0 saturated heterocycles. The van der Waals surface area contributed by atoms with Crippen molar-refractivity contribution >= 4 is 12.0 Å². The second kappa shape index (κ2) is 5.78. The Kier molecular flexibility index (Phi) is 4.62. The molecule has 1 aromatic rings. The summed E-state index contributed by atoms with van der Waals surface area (Å²) in [7, 11) is 0. The van der Waals surface area contributed by atoms with Crippen LogP contribution in [0.5, 0.6) is 0 Å². The Morgan fingerprint density at radius 2 is 2.11 bits per heavy atom. The normalized spacial score (nSPS) is 12.0. The molecule has 0 aliphatic carbocycles. The van der Waals surface area contributed by atoms with E-state index in [2.05, 4.69) is 0 Å². The number of carboxylic acid groups (broad SMARTS) is 1. The van der Waals surface area contributed by atoms with Crippen LogP contribution in [0.15, 0.2) is 24.3 Å². The molecule has 98 valence electrons. The van der Waals surface area contributed by atoms with Gasteiger partial charge in [-0.15, -0.1) is 0 Å². The van der Waals surface area contributed by atoms with Crippen molar-refractivity contribution in [2.24, 2.45) is 0 Å². The van der Waals surface area contributed by atoms with Crippen LogP contribution >= 0.6 is 0 Å². The van der Waals surface area contributed by atoms with Crippen LogP contribution in [0.1, 0.15) is 31.9 Å². The molecule has 0 atom stereocenters. The van der Waals surface area contributed by atoms with Gasteiger partial charge in [0.2, 0.25) is 0 Å². The van der Waals surface area contributed by atoms with Gasteiger partial charge in [-0.25, -0.2) is 9.18 Å². The topological polar surface area (TPSA) is 46.5 Å². The zero-order valence-corrected chi connectivity index (χ0v) is 10.7. The third-order valence-electron chi connectivity index (χ3n) is 2.14. The second-order valence-corrected chi connectivity index (χ2v) is 4.93. The second-order valence-electron chi connectivity index (χ2n) is 4.93. The molecule has 1 N–H and O–H groups in total. The van der Waals surface area contributed by atoms with E-state index in [1.54, 1.807) is 12.1 Å². The lowest BCUT2D eigenvalue weighted by molar-refractivity contribution is -0.131. The molecule has 0 fully saturated rings. The highest BCUT2D eigenvalue weighted by atomic mass is 19.1. The molecule has 18 heavy (non-hydrogen) atoms. The van der Waals surface area contributed by atoms with Crippen LogP contribution in [-0.2, 0) is 16.1 Å². The molecule has 0 radical (unpaired) electrons. The number of ether oxygens (including phenoxy) is 1. The molecule has 1 rings (SSSR count). The molecule has 0 aliphatic rings. The quantitative estimate of drug-likeness (QED) is 0.837. The number of halogens is 1. The van der Waals surface area contributed by atoms with Crippen molar-refractivity contribution in [2.45, 2.75) is 33.0 Å². The Bertz CT molecular complexity index is 459. The SMILES string of the molecule is CC(C)(C)OCc1ccc(F)c(/C=C/C(=O)O)c1. The maximum Gasteiger partial charge on any atom is 0.328 e. The molecule has 0 bridgehead atoms. The smallest absolute Gasteiger partial charge is 0.328 e. The highest BCUT2D eigenvalue weighted by Crippen LogP contribution is 2.16. The molecule has 0 unspecified atom stereocenters. The van der Waals surface area contributed by atoms with Crippen LogP contribution in [0.4, 0.5) is 4.39 Å². The highest BCUT2D eigenvalue weighted by molar-refractivity contribution is 5.85. The van der Waals surface area contributed by atoms with E-state index in [1.165, 1.54) is 12.1 Å². The molecule has 0 aliphatic heterocycles. The van der Waals surface area contributed by atoms with E-state index in [0.717, 1.165) is 11.6 Å². The van der Waals surface area contributed by atoms with Crippen LogP contribution < -0.4 is 0 Å². The molecule has 0 saturated carbocycles. The van der Waals surface area contributed by atoms with Gasteiger partial charge in [0.05, 0.1) is 12.2 Å². The van der Waals surface area contributed by atoms with Gasteiger partial charge in [0.1, 0.15) is 5.82 Å². The van der Waals surface area contributed by atoms with Gasteiger partial charge in [-0.3, -0.25) is 0 Å². The van der Waals surface area contributed by atoms with Crippen LogP contribution in [0, 0.1) is 5.82 Å². The molecule has 1 aromatic carbocycles. The van der Waals surface area contributed by atoms with Gasteiger partial charge in [0.15, 0.2) is 0 Å². The molecule has 0 spiro atoms. The van der Waals surface area contributed by atoms with E-state index in [-0.39, 0.29) is 11.2 Å². The number of benzene rings is 1. The average molecular weight is 252 g/mol. The minimum absolute atomic E-state index is 0.243. The molecule has 0 aromatic heterocycles. The molecule has 4 heteroatoms. The van der Waals surface area contributed by atoms with E-state index in [9.17, 15) is 9.18 Å². The largest absolute Gasteiger partial charge is 0.478 e. The van der Waals surface area contributed by atoms with Crippen molar-refractivity contribution in [3.8, 4) is 0 Å². The van der Waals surface area contributed by atoms with Crippen molar-refractivity contribution in [3.63, 3.8) is 0 Å². The lowest BCUT2D eigenvalue weighted by Gasteiger charge is -2.19. The lowest BCUT2D eigenvalue weighted by atomic mass is 10.1. The van der Waals surface area contributed by atoms with Crippen LogP contribution in [-0.4, -0.2) is 16.7 Å². The molecule has 0 heterocycles. The first-order valence-corrected chi connectivity index (χ1v) is 5.61. The summed E-state index contributed by atoms with van der Waals surface area (Å²) in [5, 5.41) is 8.51. The van der Waals surface area contributed by atoms with Crippen molar-refractivity contribution in [1.82, 2.24) is 0 Å². The predicted octanol–water partition coefficient (Wildman–Crippen LogP) is 3.24. The summed E-state index contributed by atoms with van der Waals surface area (Å²) in [6.45, 7) is 6.16. The van der Waals surface area contributed by atoms with Crippen molar-refractivity contribution in [2.75, 3.05) is 0 Å². The predicted molar refractivity (Wildman–Crippen MR) is 67.6 cm³/mol. The Morgan fingerprint density at radius 3 is 2.67 bits per heavy atom. The van der Waals surface area contributed by atoms with Gasteiger partial charge >= 0.3 is 5.97 Å². The van der Waals surface area contributed by atoms with E-state index in [1.807, 2.05) is 20.8 Å². The summed E-state index contributed by atoms with van der Waals surface area (Å²) in [5.41, 5.74) is 0.773. The zero-order chi connectivity index (χ0) is 13.8. The number of hydrogen-bond donors (Lipinski definition) is 1. The van der Waals surface area contributed by atoms with Crippen LogP contribution in [0.2, 0.25) is 0 Å². The van der Waals surface area contributed by atoms with Gasteiger partial charge in [-0.2, -0.15) is 0 Å². The molecular formula is C14H17FO3. The fourth-order valence-corrected chi connectivity index (χ4v) is 1.27. The maximum absolute atomic E-state index is 13.4. The Morgan fingerprint density at radius 1 is 1.44 bits per heavy atom. The van der Waals surface area contributed by atoms with Gasteiger partial charge < -0.3 is 9.84 Å². The number of aliphatic carboxylic acids is 1. The fraction of sp³-hybridized carbons (Fsp3) is 0.357. The molecular weight excluding hydrogens is 235 g/mol. The van der Waals surface area contributed by atoms with Gasteiger partial charge in [0, 0.05) is 11.6 Å². The summed E-state index contributed by atoms with van der Waals surface area (Å²) in [4.78, 5) is 10.4. The third-order valence-corrected chi connectivity index (χ3v) is 2.14. The number of carbonyl (C=O) groups is 1. The summed E-state index contributed by atoms with van der Waals surface area (Å²) in [5.74, 6) is -1.56. The van der Waals surface area contributed by atoms with E-state index in [4.69, 9.17) is 9.84 Å². The molecule has 3 nitrogen and oxygen atoms in total. The number of carboxylic acids is 1. The minimum Gasteiger partial charge on any atom is -0.478 e. The monoisotopic (exact) mass is 252 g/mol. The average Bonchev–Trinajstić information content (AvgIpc) is 2.25. The molecule has 0 amide bonds. The van der Waals surface area contributed by atoms with E-state index in [0.29, 0.717) is 6.61 Å². The van der Waals surface area contributed by atoms with Gasteiger partial charge in [-0.05, 0) is 44.5 Å². The maximum atomic E-state index is 13.4. The third kappa shape index (κ3) is 5.10. The van der Waals surface area contributed by atoms with E-state index >= 15 is 0 Å². The van der Waals surface area contributed by atoms with E-state index < -0.39 is 11.8 Å². The number of hydrogen-bond acceptors (Lipinski definition) is 2. The van der Waals surface area contributed by atoms with Crippen LogP contribution in [0.3, 0.4) is 0 Å². The first kappa shape index (κ1) is 14.4. The van der Waals surface area contributed by atoms with Crippen molar-refractivity contribution in [1.29, 1.82) is 0 Å². The number of rotatable bonds is 4. The summed E-state index contributed by atoms with van der Waals surface area (Å²) >= 11 is 0. The van der Waals surface area contributed by atoms with Gasteiger partial charge in [0.25, 0.3) is 0 Å². The highest BCUT2D eigenvalue weighted by Gasteiger charge is 2.10. The Balaban J connectivity index is 2.84.